The monoisotopic (exact) mass is 300 g/mol. The van der Waals surface area contributed by atoms with E-state index in [1.807, 2.05) is 20.8 Å². The number of hydrogen-bond donors (Lipinski definition) is 2. The number of ether oxygens (including phenoxy) is 2. The van der Waals surface area contributed by atoms with E-state index in [0.29, 0.717) is 18.6 Å². The third kappa shape index (κ3) is 8.94. The molecule has 0 bridgehead atoms. The van der Waals surface area contributed by atoms with Crippen molar-refractivity contribution < 1.29 is 14.3 Å². The first-order valence-electron chi connectivity index (χ1n) is 8.12. The molecule has 1 rings (SSSR count). The van der Waals surface area contributed by atoms with Gasteiger partial charge in [-0.3, -0.25) is 0 Å². The van der Waals surface area contributed by atoms with Gasteiger partial charge in [-0.05, 0) is 46.5 Å². The Hall–Kier alpha value is -0.810. The molecule has 1 unspecified atom stereocenters. The molecule has 1 amide bonds. The molecule has 0 aromatic carbocycles. The van der Waals surface area contributed by atoms with Crippen molar-refractivity contribution in [3.05, 3.63) is 0 Å². The summed E-state index contributed by atoms with van der Waals surface area (Å²) in [4.78, 5) is 11.5. The highest BCUT2D eigenvalue weighted by atomic mass is 16.6. The van der Waals surface area contributed by atoms with Gasteiger partial charge in [-0.2, -0.15) is 0 Å². The zero-order valence-electron chi connectivity index (χ0n) is 14.0. The van der Waals surface area contributed by atoms with Crippen molar-refractivity contribution in [2.45, 2.75) is 77.0 Å². The van der Waals surface area contributed by atoms with Crippen molar-refractivity contribution >= 4 is 6.09 Å². The number of carbonyl (C=O) groups is 1. The minimum atomic E-state index is -0.438. The second kappa shape index (κ2) is 9.26. The maximum Gasteiger partial charge on any atom is 0.407 e. The molecule has 0 heterocycles. The number of carbonyl (C=O) groups excluding carboxylic acids is 1. The van der Waals surface area contributed by atoms with E-state index in [4.69, 9.17) is 9.47 Å². The summed E-state index contributed by atoms with van der Waals surface area (Å²) >= 11 is 0. The number of hydrogen-bond acceptors (Lipinski definition) is 4. The quantitative estimate of drug-likeness (QED) is 0.677. The first kappa shape index (κ1) is 18.2. The van der Waals surface area contributed by atoms with Crippen molar-refractivity contribution in [2.75, 3.05) is 20.3 Å². The van der Waals surface area contributed by atoms with Crippen LogP contribution in [0.25, 0.3) is 0 Å². The second-order valence-electron chi connectivity index (χ2n) is 6.87. The average molecular weight is 300 g/mol. The van der Waals surface area contributed by atoms with Gasteiger partial charge in [-0.15, -0.1) is 0 Å². The molecule has 1 aliphatic rings. The third-order valence-electron chi connectivity index (χ3n) is 3.59. The fourth-order valence-electron chi connectivity index (χ4n) is 2.69. The van der Waals surface area contributed by atoms with Crippen LogP contribution >= 0.6 is 0 Å². The summed E-state index contributed by atoms with van der Waals surface area (Å²) in [5, 5.41) is 6.47. The fourth-order valence-corrected chi connectivity index (χ4v) is 2.69. The van der Waals surface area contributed by atoms with E-state index in [0.717, 1.165) is 19.4 Å². The molecule has 5 heteroatoms. The molecule has 0 aromatic rings. The standard InChI is InChI=1S/C16H32N2O3/c1-16(2,3)21-15(19)17-11-7-10-14(12-20-4)18-13-8-5-6-9-13/h13-14,18H,5-12H2,1-4H3,(H,17,19). The van der Waals surface area contributed by atoms with Gasteiger partial charge in [-0.25, -0.2) is 4.79 Å². The first-order valence-corrected chi connectivity index (χ1v) is 8.12. The van der Waals surface area contributed by atoms with Crippen molar-refractivity contribution in [3.8, 4) is 0 Å². The summed E-state index contributed by atoms with van der Waals surface area (Å²) in [5.74, 6) is 0. The molecule has 1 aliphatic carbocycles. The zero-order chi connectivity index (χ0) is 15.7. The van der Waals surface area contributed by atoms with Crippen LogP contribution in [-0.4, -0.2) is 44.0 Å². The molecule has 0 spiro atoms. The summed E-state index contributed by atoms with van der Waals surface area (Å²) in [6.45, 7) is 6.97. The Morgan fingerprint density at radius 2 is 1.95 bits per heavy atom. The van der Waals surface area contributed by atoms with E-state index in [1.54, 1.807) is 7.11 Å². The molecule has 0 saturated heterocycles. The summed E-state index contributed by atoms with van der Waals surface area (Å²) < 4.78 is 10.5. The van der Waals surface area contributed by atoms with E-state index in [-0.39, 0.29) is 6.09 Å². The van der Waals surface area contributed by atoms with Gasteiger partial charge >= 0.3 is 6.09 Å². The van der Waals surface area contributed by atoms with Gasteiger partial charge in [0.25, 0.3) is 0 Å². The molecular formula is C16H32N2O3. The first-order chi connectivity index (χ1) is 9.90. The number of amides is 1. The Bertz CT molecular complexity index is 296. The van der Waals surface area contributed by atoms with Crippen LogP contribution in [0.3, 0.4) is 0 Å². The highest BCUT2D eigenvalue weighted by molar-refractivity contribution is 5.67. The lowest BCUT2D eigenvalue weighted by Crippen LogP contribution is -2.40. The maximum absolute atomic E-state index is 11.5. The minimum absolute atomic E-state index is 0.338. The summed E-state index contributed by atoms with van der Waals surface area (Å²) in [5.41, 5.74) is -0.438. The molecular weight excluding hydrogens is 268 g/mol. The lowest BCUT2D eigenvalue weighted by Gasteiger charge is -2.23. The van der Waals surface area contributed by atoms with Crippen LogP contribution < -0.4 is 10.6 Å². The number of methoxy groups -OCH3 is 1. The van der Waals surface area contributed by atoms with Crippen LogP contribution in [0.4, 0.5) is 4.79 Å². The van der Waals surface area contributed by atoms with Gasteiger partial charge in [0, 0.05) is 25.7 Å². The molecule has 0 aromatic heterocycles. The van der Waals surface area contributed by atoms with E-state index in [2.05, 4.69) is 10.6 Å². The Kier molecular flexibility index (Phi) is 8.04. The fraction of sp³-hybridized carbons (Fsp3) is 0.938. The molecule has 0 aliphatic heterocycles. The molecule has 124 valence electrons. The normalized spacial score (nSPS) is 17.7. The largest absolute Gasteiger partial charge is 0.444 e. The Morgan fingerprint density at radius 3 is 2.52 bits per heavy atom. The predicted octanol–water partition coefficient (Wildman–Crippen LogP) is 2.84. The molecule has 1 atom stereocenters. The van der Waals surface area contributed by atoms with Gasteiger partial charge in [0.2, 0.25) is 0 Å². The van der Waals surface area contributed by atoms with E-state index in [9.17, 15) is 4.79 Å². The zero-order valence-corrected chi connectivity index (χ0v) is 14.0. The lowest BCUT2D eigenvalue weighted by molar-refractivity contribution is 0.0526. The van der Waals surface area contributed by atoms with Crippen LogP contribution in [0.1, 0.15) is 59.3 Å². The van der Waals surface area contributed by atoms with Crippen molar-refractivity contribution in [1.29, 1.82) is 0 Å². The molecule has 1 saturated carbocycles. The third-order valence-corrected chi connectivity index (χ3v) is 3.59. The highest BCUT2D eigenvalue weighted by Crippen LogP contribution is 2.18. The number of rotatable bonds is 8. The topological polar surface area (TPSA) is 59.6 Å². The molecule has 21 heavy (non-hydrogen) atoms. The lowest BCUT2D eigenvalue weighted by atomic mass is 10.1. The molecule has 0 radical (unpaired) electrons. The van der Waals surface area contributed by atoms with Crippen LogP contribution in [0.15, 0.2) is 0 Å². The van der Waals surface area contributed by atoms with Gasteiger partial charge in [0.1, 0.15) is 5.60 Å². The van der Waals surface area contributed by atoms with E-state index >= 15 is 0 Å². The Morgan fingerprint density at radius 1 is 1.29 bits per heavy atom. The number of alkyl carbamates (subject to hydrolysis) is 1. The Labute approximate surface area is 129 Å². The van der Waals surface area contributed by atoms with Gasteiger partial charge < -0.3 is 20.1 Å². The predicted molar refractivity (Wildman–Crippen MR) is 84.5 cm³/mol. The smallest absolute Gasteiger partial charge is 0.407 e. The maximum atomic E-state index is 11.5. The second-order valence-corrected chi connectivity index (χ2v) is 6.87. The average Bonchev–Trinajstić information content (AvgIpc) is 2.85. The minimum Gasteiger partial charge on any atom is -0.444 e. The van der Waals surface area contributed by atoms with Crippen molar-refractivity contribution in [2.24, 2.45) is 0 Å². The van der Waals surface area contributed by atoms with E-state index in [1.165, 1.54) is 25.7 Å². The highest BCUT2D eigenvalue weighted by Gasteiger charge is 2.19. The van der Waals surface area contributed by atoms with Crippen LogP contribution in [0, 0.1) is 0 Å². The Balaban J connectivity index is 2.16. The van der Waals surface area contributed by atoms with Crippen LogP contribution in [0.2, 0.25) is 0 Å². The van der Waals surface area contributed by atoms with Gasteiger partial charge in [-0.1, -0.05) is 12.8 Å². The van der Waals surface area contributed by atoms with E-state index < -0.39 is 5.60 Å². The van der Waals surface area contributed by atoms with Crippen LogP contribution in [-0.2, 0) is 9.47 Å². The SMILES string of the molecule is COCC(CCCNC(=O)OC(C)(C)C)NC1CCCC1. The van der Waals surface area contributed by atoms with Gasteiger partial charge in [0.15, 0.2) is 0 Å². The summed E-state index contributed by atoms with van der Waals surface area (Å²) in [7, 11) is 1.74. The van der Waals surface area contributed by atoms with Crippen LogP contribution in [0.5, 0.6) is 0 Å². The van der Waals surface area contributed by atoms with Crippen molar-refractivity contribution in [1.82, 2.24) is 10.6 Å². The van der Waals surface area contributed by atoms with Gasteiger partial charge in [0.05, 0.1) is 6.61 Å². The molecule has 5 nitrogen and oxygen atoms in total. The summed E-state index contributed by atoms with van der Waals surface area (Å²) in [6.07, 6.45) is 6.80. The van der Waals surface area contributed by atoms with Crippen molar-refractivity contribution in [3.63, 3.8) is 0 Å². The molecule has 1 fully saturated rings. The molecule has 2 N–H and O–H groups in total. The number of nitrogens with one attached hydrogen (secondary N) is 2. The summed E-state index contributed by atoms with van der Waals surface area (Å²) in [6, 6.07) is 1.02.